The number of carboxylic acids is 1. The van der Waals surface area contributed by atoms with E-state index in [9.17, 15) is 31.5 Å². The number of hydrogen-bond acceptors (Lipinski definition) is 5. The van der Waals surface area contributed by atoms with Gasteiger partial charge in [-0.3, -0.25) is 0 Å². The van der Waals surface area contributed by atoms with Gasteiger partial charge in [-0.25, -0.2) is 4.79 Å². The van der Waals surface area contributed by atoms with Crippen LogP contribution in [0.3, 0.4) is 0 Å². The Morgan fingerprint density at radius 2 is 1.80 bits per heavy atom. The van der Waals surface area contributed by atoms with E-state index in [0.717, 1.165) is 0 Å². The molecule has 0 aliphatic rings. The van der Waals surface area contributed by atoms with Crippen molar-refractivity contribution in [3.63, 3.8) is 0 Å². The molecule has 0 bridgehead atoms. The van der Waals surface area contributed by atoms with Crippen molar-refractivity contribution in [1.82, 2.24) is 0 Å². The number of aryl methyl sites for hydroxylation is 1. The van der Waals surface area contributed by atoms with Gasteiger partial charge in [0.25, 0.3) is 0 Å². The number of rotatable bonds is 6. The van der Waals surface area contributed by atoms with Gasteiger partial charge in [-0.05, 0) is 56.3 Å². The molecule has 1 N–H and O–H groups in total. The molecule has 0 heterocycles. The molecule has 0 fully saturated rings. The largest absolute Gasteiger partial charge is 0.534 e. The molecule has 2 aromatic carbocycles. The fourth-order valence-electron chi connectivity index (χ4n) is 2.83. The Bertz CT molecular complexity index is 1100. The van der Waals surface area contributed by atoms with Crippen molar-refractivity contribution in [2.45, 2.75) is 44.9 Å². The van der Waals surface area contributed by atoms with Crippen LogP contribution in [0.25, 0.3) is 16.8 Å². The van der Waals surface area contributed by atoms with Crippen LogP contribution in [0.15, 0.2) is 30.8 Å². The zero-order valence-corrected chi connectivity index (χ0v) is 17.5. The highest BCUT2D eigenvalue weighted by atomic mass is 32.2. The Morgan fingerprint density at radius 3 is 2.27 bits per heavy atom. The number of carboxylic acid groups (broad SMARTS) is 1. The van der Waals surface area contributed by atoms with E-state index in [2.05, 4.69) is 10.8 Å². The van der Waals surface area contributed by atoms with Crippen molar-refractivity contribution in [1.29, 1.82) is 0 Å². The van der Waals surface area contributed by atoms with Gasteiger partial charge in [0.15, 0.2) is 11.9 Å². The molecular weight excluding hydrogens is 425 g/mol. The Labute approximate surface area is 172 Å². The first-order chi connectivity index (χ1) is 13.6. The SMILES string of the molecule is C=Cc1ccc2c(OS(=O)(=O)C(F)(F)F)c(C(OC(C)(C)C)C(=O)O)c(C)cc2c1. The summed E-state index contributed by atoms with van der Waals surface area (Å²) < 4.78 is 72.7. The van der Waals surface area contributed by atoms with Crippen LogP contribution in [-0.4, -0.2) is 30.6 Å². The summed E-state index contributed by atoms with van der Waals surface area (Å²) in [4.78, 5) is 11.9. The van der Waals surface area contributed by atoms with E-state index in [1.165, 1.54) is 31.2 Å². The Kier molecular flexibility index (Phi) is 6.25. The topological polar surface area (TPSA) is 89.9 Å². The van der Waals surface area contributed by atoms with Crippen LogP contribution in [0.2, 0.25) is 0 Å². The monoisotopic (exact) mass is 446 g/mol. The van der Waals surface area contributed by atoms with E-state index in [1.807, 2.05) is 0 Å². The molecule has 30 heavy (non-hydrogen) atoms. The summed E-state index contributed by atoms with van der Waals surface area (Å²) >= 11 is 0. The minimum atomic E-state index is -6.07. The number of ether oxygens (including phenoxy) is 1. The number of fused-ring (bicyclic) bond motifs is 1. The zero-order valence-electron chi connectivity index (χ0n) is 16.7. The number of alkyl halides is 3. The van der Waals surface area contributed by atoms with E-state index >= 15 is 0 Å². The number of hydrogen-bond donors (Lipinski definition) is 1. The first-order valence-electron chi connectivity index (χ1n) is 8.68. The summed E-state index contributed by atoms with van der Waals surface area (Å²) in [5.74, 6) is -2.25. The van der Waals surface area contributed by atoms with Crippen LogP contribution in [0.1, 0.15) is 43.6 Å². The highest BCUT2D eigenvalue weighted by Crippen LogP contribution is 2.42. The summed E-state index contributed by atoms with van der Waals surface area (Å²) in [6.45, 7) is 9.72. The molecule has 1 atom stereocenters. The molecule has 2 aromatic rings. The lowest BCUT2D eigenvalue weighted by atomic mass is 9.95. The normalized spacial score (nSPS) is 13.8. The fraction of sp³-hybridized carbons (Fsp3) is 0.350. The number of aliphatic carboxylic acids is 1. The molecule has 1 unspecified atom stereocenters. The van der Waals surface area contributed by atoms with Crippen LogP contribution >= 0.6 is 0 Å². The molecule has 164 valence electrons. The Balaban J connectivity index is 2.91. The zero-order chi connectivity index (χ0) is 23.1. The molecule has 0 spiro atoms. The predicted molar refractivity (Wildman–Crippen MR) is 106 cm³/mol. The van der Waals surface area contributed by atoms with Crippen molar-refractivity contribution >= 4 is 32.9 Å². The molecule has 0 radical (unpaired) electrons. The predicted octanol–water partition coefficient (Wildman–Crippen LogP) is 4.96. The lowest BCUT2D eigenvalue weighted by molar-refractivity contribution is -0.160. The smallest absolute Gasteiger partial charge is 0.479 e. The van der Waals surface area contributed by atoms with Gasteiger partial charge >= 0.3 is 21.6 Å². The van der Waals surface area contributed by atoms with Gasteiger partial charge in [-0.1, -0.05) is 24.8 Å². The summed E-state index contributed by atoms with van der Waals surface area (Å²) in [6.07, 6.45) is -0.273. The maximum Gasteiger partial charge on any atom is 0.534 e. The number of carbonyl (C=O) groups is 1. The van der Waals surface area contributed by atoms with Gasteiger partial charge in [0.05, 0.1) is 5.60 Å². The average molecular weight is 446 g/mol. The molecule has 0 aromatic heterocycles. The van der Waals surface area contributed by atoms with Gasteiger partial charge in [0.2, 0.25) is 0 Å². The van der Waals surface area contributed by atoms with Gasteiger partial charge in [-0.15, -0.1) is 0 Å². The Hall–Kier alpha value is -2.59. The lowest BCUT2D eigenvalue weighted by Crippen LogP contribution is -2.31. The third kappa shape index (κ3) is 4.93. The standard InChI is InChI=1S/C20H21F3O6S/c1-6-12-7-8-14-13(10-12)9-11(2)15(17(18(24)25)28-19(3,4)5)16(14)29-30(26,27)20(21,22)23/h6-10,17H,1H2,2-5H3,(H,24,25). The molecule has 0 aliphatic heterocycles. The van der Waals surface area contributed by atoms with Crippen molar-refractivity contribution in [2.75, 3.05) is 0 Å². The molecular formula is C20H21F3O6S. The first kappa shape index (κ1) is 23.7. The summed E-state index contributed by atoms with van der Waals surface area (Å²) in [5.41, 5.74) is -6.21. The van der Waals surface area contributed by atoms with Gasteiger partial charge in [0, 0.05) is 10.9 Å². The van der Waals surface area contributed by atoms with Gasteiger partial charge in [0.1, 0.15) is 0 Å². The summed E-state index contributed by atoms with van der Waals surface area (Å²) in [5, 5.41) is 10.0. The van der Waals surface area contributed by atoms with Crippen LogP contribution in [0, 0.1) is 6.92 Å². The second-order valence-corrected chi connectivity index (χ2v) is 9.09. The first-order valence-corrected chi connectivity index (χ1v) is 10.1. The second-order valence-electron chi connectivity index (χ2n) is 7.55. The van der Waals surface area contributed by atoms with Gasteiger partial charge < -0.3 is 14.0 Å². The summed E-state index contributed by atoms with van der Waals surface area (Å²) in [6, 6.07) is 5.91. The second kappa shape index (κ2) is 7.92. The molecule has 0 aliphatic carbocycles. The minimum Gasteiger partial charge on any atom is -0.479 e. The van der Waals surface area contributed by atoms with Crippen LogP contribution in [-0.2, 0) is 19.6 Å². The molecule has 0 saturated heterocycles. The van der Waals surface area contributed by atoms with E-state index < -0.39 is 39.1 Å². The van der Waals surface area contributed by atoms with Crippen molar-refractivity contribution < 1.29 is 40.4 Å². The fourth-order valence-corrected chi connectivity index (χ4v) is 3.32. The number of benzene rings is 2. The minimum absolute atomic E-state index is 0.0159. The van der Waals surface area contributed by atoms with Crippen molar-refractivity contribution in [2.24, 2.45) is 0 Å². The van der Waals surface area contributed by atoms with Crippen LogP contribution in [0.4, 0.5) is 13.2 Å². The van der Waals surface area contributed by atoms with E-state index in [0.29, 0.717) is 10.9 Å². The van der Waals surface area contributed by atoms with E-state index in [-0.39, 0.29) is 16.5 Å². The third-order valence-corrected chi connectivity index (χ3v) is 4.98. The molecule has 10 heteroatoms. The summed E-state index contributed by atoms with van der Waals surface area (Å²) in [7, 11) is -6.07. The molecule has 0 saturated carbocycles. The maximum atomic E-state index is 13.0. The molecule has 2 rings (SSSR count). The van der Waals surface area contributed by atoms with Crippen LogP contribution in [0.5, 0.6) is 5.75 Å². The van der Waals surface area contributed by atoms with E-state index in [4.69, 9.17) is 4.74 Å². The van der Waals surface area contributed by atoms with Crippen molar-refractivity contribution in [3.8, 4) is 5.75 Å². The Morgan fingerprint density at radius 1 is 1.20 bits per heavy atom. The highest BCUT2D eigenvalue weighted by Gasteiger charge is 2.49. The van der Waals surface area contributed by atoms with Crippen molar-refractivity contribution in [3.05, 3.63) is 47.5 Å². The molecule has 0 amide bonds. The van der Waals surface area contributed by atoms with Crippen LogP contribution < -0.4 is 4.18 Å². The quantitative estimate of drug-likeness (QED) is 0.498. The maximum absolute atomic E-state index is 13.0. The highest BCUT2D eigenvalue weighted by molar-refractivity contribution is 7.88. The van der Waals surface area contributed by atoms with E-state index in [1.54, 1.807) is 26.8 Å². The average Bonchev–Trinajstić information content (AvgIpc) is 2.57. The lowest BCUT2D eigenvalue weighted by Gasteiger charge is -2.28. The molecule has 6 nitrogen and oxygen atoms in total. The third-order valence-electron chi connectivity index (χ3n) is 4.03. The number of halogens is 3. The van der Waals surface area contributed by atoms with Gasteiger partial charge in [-0.2, -0.15) is 21.6 Å².